The lowest BCUT2D eigenvalue weighted by Crippen LogP contribution is -2.33. The fourth-order valence-electron chi connectivity index (χ4n) is 1.40. The van der Waals surface area contributed by atoms with Crippen LogP contribution in [-0.2, 0) is 9.47 Å². The maximum Gasteiger partial charge on any atom is 0.348 e. The zero-order valence-corrected chi connectivity index (χ0v) is 10.6. The summed E-state index contributed by atoms with van der Waals surface area (Å²) in [5.41, 5.74) is 0.0327. The fourth-order valence-corrected chi connectivity index (χ4v) is 1.40. The third kappa shape index (κ3) is 4.70. The van der Waals surface area contributed by atoms with Crippen LogP contribution in [0.5, 0.6) is 11.5 Å². The van der Waals surface area contributed by atoms with Crippen molar-refractivity contribution >= 4 is 5.97 Å². The van der Waals surface area contributed by atoms with Gasteiger partial charge < -0.3 is 14.6 Å². The third-order valence-electron chi connectivity index (χ3n) is 2.05. The fraction of sp³-hybridized carbons (Fsp3) is 0.417. The van der Waals surface area contributed by atoms with E-state index in [1.165, 1.54) is 39.2 Å². The summed E-state index contributed by atoms with van der Waals surface area (Å²) in [6.45, 7) is -0.449. The first-order valence-corrected chi connectivity index (χ1v) is 5.31. The van der Waals surface area contributed by atoms with Crippen LogP contribution >= 0.6 is 0 Å². The minimum atomic E-state index is -3.01. The van der Waals surface area contributed by atoms with E-state index in [-0.39, 0.29) is 17.1 Å². The van der Waals surface area contributed by atoms with Gasteiger partial charge in [0.1, 0.15) is 11.5 Å². The average Bonchev–Trinajstić information content (AvgIpc) is 2.24. The molecule has 1 N–H and O–H groups in total. The highest BCUT2D eigenvalue weighted by atomic mass is 19.3. The van der Waals surface area contributed by atoms with Crippen molar-refractivity contribution in [1.29, 1.82) is 0 Å². The van der Waals surface area contributed by atoms with E-state index >= 15 is 0 Å². The molecule has 1 aromatic carbocycles. The Morgan fingerprint density at radius 1 is 1.32 bits per heavy atom. The van der Waals surface area contributed by atoms with Crippen LogP contribution in [0.25, 0.3) is 0 Å². The van der Waals surface area contributed by atoms with Gasteiger partial charge in [-0.2, -0.15) is 8.78 Å². The number of carbonyl (C=O) groups is 1. The number of ether oxygens (including phenoxy) is 3. The molecule has 0 radical (unpaired) electrons. The highest BCUT2D eigenvalue weighted by Gasteiger charge is 2.26. The molecule has 0 aliphatic rings. The molecule has 1 rings (SSSR count). The van der Waals surface area contributed by atoms with Gasteiger partial charge in [-0.25, -0.2) is 4.79 Å². The van der Waals surface area contributed by atoms with Crippen molar-refractivity contribution in [2.45, 2.75) is 26.2 Å². The minimum Gasteiger partial charge on any atom is -0.508 e. The van der Waals surface area contributed by atoms with Crippen LogP contribution in [0.4, 0.5) is 8.78 Å². The van der Waals surface area contributed by atoms with Crippen molar-refractivity contribution in [2.24, 2.45) is 0 Å². The monoisotopic (exact) mass is 276 g/mol. The predicted molar refractivity (Wildman–Crippen MR) is 61.2 cm³/mol. The van der Waals surface area contributed by atoms with Crippen molar-refractivity contribution < 1.29 is 32.9 Å². The molecule has 0 fully saturated rings. The molecule has 19 heavy (non-hydrogen) atoms. The summed E-state index contributed by atoms with van der Waals surface area (Å²) in [6.07, 6.45) is 0. The predicted octanol–water partition coefficient (Wildman–Crippen LogP) is 2.53. The van der Waals surface area contributed by atoms with E-state index in [0.29, 0.717) is 0 Å². The number of hydrogen-bond acceptors (Lipinski definition) is 5. The van der Waals surface area contributed by atoms with Gasteiger partial charge in [-0.05, 0) is 12.1 Å². The molecule has 0 aliphatic heterocycles. The van der Waals surface area contributed by atoms with Gasteiger partial charge in [-0.3, -0.25) is 4.74 Å². The molecule has 0 bridgehead atoms. The Hall–Kier alpha value is -1.89. The lowest BCUT2D eigenvalue weighted by molar-refractivity contribution is -0.264. The Morgan fingerprint density at radius 2 is 1.95 bits per heavy atom. The lowest BCUT2D eigenvalue weighted by Gasteiger charge is -2.26. The maximum atomic E-state index is 12.1. The number of carbonyl (C=O) groups excluding carboxylic acids is 1. The number of methoxy groups -OCH3 is 1. The zero-order chi connectivity index (χ0) is 14.6. The standard InChI is InChI=1S/C12H14F2O5/c1-12(2,19-11(13)14)18-9-5-7(10(16)17-3)4-8(15)6-9/h4-6,11,15H,1-3H3. The molecule has 0 heterocycles. The summed E-state index contributed by atoms with van der Waals surface area (Å²) in [4.78, 5) is 11.3. The summed E-state index contributed by atoms with van der Waals surface area (Å²) in [5, 5.41) is 9.44. The highest BCUT2D eigenvalue weighted by Crippen LogP contribution is 2.27. The van der Waals surface area contributed by atoms with E-state index < -0.39 is 18.4 Å². The molecule has 0 aromatic heterocycles. The number of benzene rings is 1. The van der Waals surface area contributed by atoms with E-state index in [2.05, 4.69) is 9.47 Å². The van der Waals surface area contributed by atoms with Crippen LogP contribution in [0.1, 0.15) is 24.2 Å². The third-order valence-corrected chi connectivity index (χ3v) is 2.05. The van der Waals surface area contributed by atoms with Crippen molar-refractivity contribution in [1.82, 2.24) is 0 Å². The number of phenols is 1. The topological polar surface area (TPSA) is 65.0 Å². The normalized spacial score (nSPS) is 11.5. The molecule has 7 heteroatoms. The van der Waals surface area contributed by atoms with Crippen LogP contribution in [-0.4, -0.2) is 30.6 Å². The first-order valence-electron chi connectivity index (χ1n) is 5.31. The molecule has 0 unspecified atom stereocenters. The number of aromatic hydroxyl groups is 1. The largest absolute Gasteiger partial charge is 0.508 e. The second kappa shape index (κ2) is 5.83. The van der Waals surface area contributed by atoms with Gasteiger partial charge >= 0.3 is 12.6 Å². The molecule has 0 atom stereocenters. The first kappa shape index (κ1) is 15.2. The Labute approximate surface area is 108 Å². The van der Waals surface area contributed by atoms with Gasteiger partial charge in [0, 0.05) is 19.9 Å². The second-order valence-corrected chi connectivity index (χ2v) is 4.09. The van der Waals surface area contributed by atoms with Gasteiger partial charge in [0.2, 0.25) is 5.79 Å². The summed E-state index contributed by atoms with van der Waals surface area (Å²) in [7, 11) is 1.18. The number of alkyl halides is 2. The van der Waals surface area contributed by atoms with Gasteiger partial charge in [-0.1, -0.05) is 0 Å². The SMILES string of the molecule is COC(=O)c1cc(O)cc(OC(C)(C)OC(F)F)c1. The van der Waals surface area contributed by atoms with E-state index in [1.54, 1.807) is 0 Å². The van der Waals surface area contributed by atoms with Crippen LogP contribution in [0.15, 0.2) is 18.2 Å². The van der Waals surface area contributed by atoms with E-state index in [4.69, 9.17) is 4.74 Å². The summed E-state index contributed by atoms with van der Waals surface area (Å²) < 4.78 is 38.2. The van der Waals surface area contributed by atoms with Crippen molar-refractivity contribution in [3.63, 3.8) is 0 Å². The zero-order valence-electron chi connectivity index (χ0n) is 10.6. The number of hydrogen-bond donors (Lipinski definition) is 1. The maximum absolute atomic E-state index is 12.1. The Balaban J connectivity index is 2.95. The van der Waals surface area contributed by atoms with E-state index in [1.807, 2.05) is 0 Å². The van der Waals surface area contributed by atoms with Gasteiger partial charge in [-0.15, -0.1) is 0 Å². The number of halogens is 2. The molecule has 1 aromatic rings. The summed E-state index contributed by atoms with van der Waals surface area (Å²) in [6, 6.07) is 3.59. The van der Waals surface area contributed by atoms with Crippen LogP contribution in [0.3, 0.4) is 0 Å². The molecule has 5 nitrogen and oxygen atoms in total. The van der Waals surface area contributed by atoms with E-state index in [9.17, 15) is 18.7 Å². The average molecular weight is 276 g/mol. The number of phenolic OH excluding ortho intramolecular Hbond substituents is 1. The first-order chi connectivity index (χ1) is 8.73. The molecule has 0 saturated carbocycles. The molecule has 0 saturated heterocycles. The molecular weight excluding hydrogens is 262 g/mol. The summed E-state index contributed by atoms with van der Waals surface area (Å²) in [5.74, 6) is -2.56. The van der Waals surface area contributed by atoms with Crippen LogP contribution in [0.2, 0.25) is 0 Å². The molecule has 0 amide bonds. The second-order valence-electron chi connectivity index (χ2n) is 4.09. The highest BCUT2D eigenvalue weighted by molar-refractivity contribution is 5.90. The van der Waals surface area contributed by atoms with E-state index in [0.717, 1.165) is 0 Å². The van der Waals surface area contributed by atoms with Crippen molar-refractivity contribution in [2.75, 3.05) is 7.11 Å². The number of esters is 1. The van der Waals surface area contributed by atoms with Crippen LogP contribution in [0, 0.1) is 0 Å². The quantitative estimate of drug-likeness (QED) is 0.661. The summed E-state index contributed by atoms with van der Waals surface area (Å²) >= 11 is 0. The van der Waals surface area contributed by atoms with Crippen molar-refractivity contribution in [3.8, 4) is 11.5 Å². The van der Waals surface area contributed by atoms with Gasteiger partial charge in [0.05, 0.1) is 12.7 Å². The molecule has 0 aliphatic carbocycles. The van der Waals surface area contributed by atoms with Crippen molar-refractivity contribution in [3.05, 3.63) is 23.8 Å². The lowest BCUT2D eigenvalue weighted by atomic mass is 10.2. The Bertz CT molecular complexity index is 459. The Kier molecular flexibility index (Phi) is 4.66. The molecule has 0 spiro atoms. The van der Waals surface area contributed by atoms with Crippen LogP contribution < -0.4 is 4.74 Å². The molecular formula is C12H14F2O5. The van der Waals surface area contributed by atoms with Gasteiger partial charge in [0.25, 0.3) is 0 Å². The smallest absolute Gasteiger partial charge is 0.348 e. The Morgan fingerprint density at radius 3 is 2.47 bits per heavy atom. The minimum absolute atomic E-state index is 0.00560. The molecule has 106 valence electrons. The number of rotatable bonds is 5. The van der Waals surface area contributed by atoms with Gasteiger partial charge in [0.15, 0.2) is 0 Å².